The van der Waals surface area contributed by atoms with Gasteiger partial charge in [0, 0.05) is 0 Å². The largest absolute Gasteiger partial charge is 1.00 e. The van der Waals surface area contributed by atoms with E-state index >= 15 is 0 Å². The molecule has 0 radical (unpaired) electrons. The Morgan fingerprint density at radius 3 is 1.22 bits per heavy atom. The first-order valence-corrected chi connectivity index (χ1v) is 17.1. The lowest BCUT2D eigenvalue weighted by atomic mass is 9.62. The first-order chi connectivity index (χ1) is 17.5. The second-order valence-electron chi connectivity index (χ2n) is 17.2. The third-order valence-corrected chi connectivity index (χ3v) is 12.7. The monoisotopic (exact) mass is 640 g/mol. The van der Waals surface area contributed by atoms with Crippen molar-refractivity contribution in [2.75, 3.05) is 41.3 Å². The van der Waals surface area contributed by atoms with Crippen molar-refractivity contribution in [2.45, 2.75) is 157 Å². The Kier molecular flexibility index (Phi) is 20.0. The van der Waals surface area contributed by atoms with E-state index in [2.05, 4.69) is 83.6 Å². The number of rotatable bonds is 15. The van der Waals surface area contributed by atoms with E-state index in [1.54, 1.807) is 0 Å². The third-order valence-electron chi connectivity index (χ3n) is 12.7. The van der Waals surface area contributed by atoms with Gasteiger partial charge in [-0.1, -0.05) is 67.2 Å². The summed E-state index contributed by atoms with van der Waals surface area (Å²) < 4.78 is 2.41. The maximum Gasteiger partial charge on any atom is 0.0857 e. The molecule has 2 rings (SSSR count). The molecule has 6 atom stereocenters. The highest BCUT2D eigenvalue weighted by Gasteiger charge is 2.38. The van der Waals surface area contributed by atoms with Gasteiger partial charge in [0.05, 0.1) is 53.4 Å². The van der Waals surface area contributed by atoms with E-state index in [0.717, 1.165) is 35.8 Å². The second kappa shape index (κ2) is 18.7. The summed E-state index contributed by atoms with van der Waals surface area (Å²) in [5.41, 5.74) is 1.09. The van der Waals surface area contributed by atoms with Crippen LogP contribution in [0.15, 0.2) is 0 Å². The van der Waals surface area contributed by atoms with Gasteiger partial charge in [-0.3, -0.25) is 0 Å². The van der Waals surface area contributed by atoms with Crippen molar-refractivity contribution in [3.63, 3.8) is 0 Å². The van der Waals surface area contributed by atoms with Gasteiger partial charge >= 0.3 is 0 Å². The van der Waals surface area contributed by atoms with Crippen LogP contribution < -0.4 is 24.8 Å². The highest BCUT2D eigenvalue weighted by atomic mass is 35.5. The smallest absolute Gasteiger partial charge is 0.0857 e. The summed E-state index contributed by atoms with van der Waals surface area (Å²) in [7, 11) is 9.99. The summed E-state index contributed by atoms with van der Waals surface area (Å²) in [4.78, 5) is 0. The number of hydrogen-bond acceptors (Lipinski definition) is 0. The third kappa shape index (κ3) is 13.4. The summed E-state index contributed by atoms with van der Waals surface area (Å²) >= 11 is 0. The normalized spacial score (nSPS) is 27.5. The number of unbranched alkanes of at least 4 members (excludes halogenated alkanes) is 3. The molecule has 0 bridgehead atoms. The highest BCUT2D eigenvalue weighted by molar-refractivity contribution is 5.85. The standard InChI is InChI=1S/C36H74N2.3ClH/c1-29-19-17-25-35(5,6)33(29)23-21-31(3)37(9,10)27-15-13-14-16-28-38(11,12)32(4)22-24-34-30(2)20-18-26-36(34,7)8;;;/h29-34H,13-28H2,1-12H3;3*1H/q+2;;;/p-2. The van der Waals surface area contributed by atoms with E-state index in [-0.39, 0.29) is 37.2 Å². The average molecular weight is 642 g/mol. The van der Waals surface area contributed by atoms with E-state index < -0.39 is 0 Å². The van der Waals surface area contributed by atoms with Crippen LogP contribution in [0, 0.1) is 34.5 Å². The van der Waals surface area contributed by atoms with E-state index in [1.165, 1.54) is 112 Å². The van der Waals surface area contributed by atoms with Crippen molar-refractivity contribution in [2.24, 2.45) is 34.5 Å². The molecule has 0 N–H and O–H groups in total. The molecule has 250 valence electrons. The number of halogens is 3. The first kappa shape index (κ1) is 43.9. The molecule has 2 saturated carbocycles. The van der Waals surface area contributed by atoms with Crippen LogP contribution in [0.1, 0.15) is 145 Å². The van der Waals surface area contributed by atoms with E-state index in [4.69, 9.17) is 0 Å². The molecule has 0 aromatic rings. The van der Waals surface area contributed by atoms with Crippen LogP contribution >= 0.6 is 12.4 Å². The van der Waals surface area contributed by atoms with Gasteiger partial charge in [0.25, 0.3) is 0 Å². The first-order valence-electron chi connectivity index (χ1n) is 17.1. The van der Waals surface area contributed by atoms with Crippen LogP contribution in [0.3, 0.4) is 0 Å². The molecule has 0 saturated heterocycles. The molecule has 0 spiro atoms. The lowest BCUT2D eigenvalue weighted by Gasteiger charge is -2.44. The molecule has 0 heterocycles. The molecule has 2 aliphatic carbocycles. The summed E-state index contributed by atoms with van der Waals surface area (Å²) in [5.74, 6) is 3.66. The molecule has 41 heavy (non-hydrogen) atoms. The minimum atomic E-state index is 0. The van der Waals surface area contributed by atoms with Gasteiger partial charge in [0.15, 0.2) is 0 Å². The van der Waals surface area contributed by atoms with Crippen LogP contribution in [0.5, 0.6) is 0 Å². The molecule has 2 aliphatic rings. The fraction of sp³-hybridized carbons (Fsp3) is 1.00. The van der Waals surface area contributed by atoms with E-state index in [0.29, 0.717) is 10.8 Å². The van der Waals surface area contributed by atoms with Crippen LogP contribution in [-0.2, 0) is 0 Å². The molecule has 0 aromatic carbocycles. The summed E-state index contributed by atoms with van der Waals surface area (Å²) in [5, 5.41) is 0. The van der Waals surface area contributed by atoms with Crippen molar-refractivity contribution < 1.29 is 33.8 Å². The molecule has 5 heteroatoms. The van der Waals surface area contributed by atoms with Gasteiger partial charge in [0.1, 0.15) is 0 Å². The Bertz CT molecular complexity index is 632. The fourth-order valence-corrected chi connectivity index (χ4v) is 8.80. The molecule has 2 fully saturated rings. The van der Waals surface area contributed by atoms with Gasteiger partial charge in [0.2, 0.25) is 0 Å². The maximum absolute atomic E-state index is 2.54. The molecular weight excluding hydrogens is 567 g/mol. The quantitative estimate of drug-likeness (QED) is 0.184. The van der Waals surface area contributed by atoms with E-state index in [9.17, 15) is 0 Å². The van der Waals surface area contributed by atoms with Crippen LogP contribution in [0.25, 0.3) is 0 Å². The summed E-state index contributed by atoms with van der Waals surface area (Å²) in [6, 6.07) is 1.54. The fourth-order valence-electron chi connectivity index (χ4n) is 8.80. The predicted octanol–water partition coefficient (Wildman–Crippen LogP) is 4.39. The average Bonchev–Trinajstić information content (AvgIpc) is 2.79. The lowest BCUT2D eigenvalue weighted by molar-refractivity contribution is -0.914. The minimum Gasteiger partial charge on any atom is -1.00 e. The maximum atomic E-state index is 2.54. The SMILES string of the molecule is CC1CCCC(C)(C)C1CCC(C)[N+](C)(C)CCCCCC[N+](C)(C)C(C)CCC1C(C)CCCC1(C)C.Cl.[Cl-].[Cl-]. The lowest BCUT2D eigenvalue weighted by Crippen LogP contribution is -3.00. The topological polar surface area (TPSA) is 0 Å². The molecule has 0 aromatic heterocycles. The Hall–Kier alpha value is 0.790. The van der Waals surface area contributed by atoms with Gasteiger partial charge in [-0.15, -0.1) is 12.4 Å². The van der Waals surface area contributed by atoms with Gasteiger partial charge in [-0.2, -0.15) is 0 Å². The minimum absolute atomic E-state index is 0. The molecule has 6 unspecified atom stereocenters. The van der Waals surface area contributed by atoms with Crippen LogP contribution in [0.2, 0.25) is 0 Å². The number of nitrogens with zero attached hydrogens (tertiary/aromatic N) is 2. The van der Waals surface area contributed by atoms with Gasteiger partial charge < -0.3 is 33.8 Å². The zero-order chi connectivity index (χ0) is 28.8. The number of quaternary nitrogens is 2. The van der Waals surface area contributed by atoms with Crippen molar-refractivity contribution in [1.82, 2.24) is 0 Å². The number of hydrogen-bond donors (Lipinski definition) is 0. The Balaban J connectivity index is 0. The zero-order valence-electron chi connectivity index (χ0n) is 29.8. The van der Waals surface area contributed by atoms with Crippen molar-refractivity contribution in [3.05, 3.63) is 0 Å². The van der Waals surface area contributed by atoms with Gasteiger partial charge in [-0.25, -0.2) is 0 Å². The van der Waals surface area contributed by atoms with Gasteiger partial charge in [-0.05, 0) is 113 Å². The Labute approximate surface area is 278 Å². The molecule has 0 amide bonds. The van der Waals surface area contributed by atoms with Crippen molar-refractivity contribution >= 4 is 12.4 Å². The summed E-state index contributed by atoms with van der Waals surface area (Å²) in [6.45, 7) is 22.9. The molecular formula is C36H75Cl3N2. The van der Waals surface area contributed by atoms with E-state index in [1.807, 2.05) is 0 Å². The Morgan fingerprint density at radius 2 is 0.927 bits per heavy atom. The highest BCUT2D eigenvalue weighted by Crippen LogP contribution is 2.47. The van der Waals surface area contributed by atoms with Crippen LogP contribution in [0.4, 0.5) is 0 Å². The Morgan fingerprint density at radius 1 is 0.610 bits per heavy atom. The second-order valence-corrected chi connectivity index (χ2v) is 17.2. The summed E-state index contributed by atoms with van der Waals surface area (Å²) in [6.07, 6.45) is 19.9. The predicted molar refractivity (Wildman–Crippen MR) is 178 cm³/mol. The molecule has 0 aliphatic heterocycles. The zero-order valence-corrected chi connectivity index (χ0v) is 32.2. The van der Waals surface area contributed by atoms with Crippen LogP contribution in [-0.4, -0.2) is 62.3 Å². The van der Waals surface area contributed by atoms with Crippen molar-refractivity contribution in [3.8, 4) is 0 Å². The van der Waals surface area contributed by atoms with Crippen molar-refractivity contribution in [1.29, 1.82) is 0 Å². The molecule has 2 nitrogen and oxygen atoms in total.